The van der Waals surface area contributed by atoms with Crippen LogP contribution in [0.3, 0.4) is 0 Å². The molecule has 0 spiro atoms. The summed E-state index contributed by atoms with van der Waals surface area (Å²) in [5, 5.41) is 1.43. The van der Waals surface area contributed by atoms with Gasteiger partial charge in [-0.15, -0.1) is 0 Å². The number of benzene rings is 1. The Morgan fingerprint density at radius 1 is 1.31 bits per heavy atom. The highest BCUT2D eigenvalue weighted by atomic mass is 127. The summed E-state index contributed by atoms with van der Waals surface area (Å²) in [5.74, 6) is 0. The zero-order chi connectivity index (χ0) is 9.42. The predicted octanol–water partition coefficient (Wildman–Crippen LogP) is 3.20. The van der Waals surface area contributed by atoms with Crippen LogP contribution in [0.25, 0.3) is 10.9 Å². The van der Waals surface area contributed by atoms with Gasteiger partial charge in [0.25, 0.3) is 0 Å². The van der Waals surface area contributed by atoms with E-state index in [0.717, 1.165) is 14.5 Å². The van der Waals surface area contributed by atoms with Gasteiger partial charge in [-0.2, -0.15) is 0 Å². The van der Waals surface area contributed by atoms with E-state index >= 15 is 0 Å². The highest BCUT2D eigenvalue weighted by Gasteiger charge is 2.05. The van der Waals surface area contributed by atoms with Crippen LogP contribution in [0.15, 0.2) is 18.5 Å². The van der Waals surface area contributed by atoms with Crippen molar-refractivity contribution in [3.63, 3.8) is 0 Å². The van der Waals surface area contributed by atoms with Crippen molar-refractivity contribution in [1.82, 2.24) is 9.97 Å². The van der Waals surface area contributed by atoms with Gasteiger partial charge >= 0.3 is 0 Å². The Morgan fingerprint density at radius 2 is 2.08 bits per heavy atom. The van der Waals surface area contributed by atoms with E-state index < -0.39 is 0 Å². The van der Waals surface area contributed by atoms with Crippen molar-refractivity contribution in [2.24, 2.45) is 0 Å². The topological polar surface area (TPSA) is 25.8 Å². The van der Waals surface area contributed by atoms with Crippen molar-refractivity contribution in [2.75, 3.05) is 0 Å². The molecule has 13 heavy (non-hydrogen) atoms. The Morgan fingerprint density at radius 3 is 2.85 bits per heavy atom. The van der Waals surface area contributed by atoms with Crippen LogP contribution in [-0.4, -0.2) is 9.97 Å². The molecular formula is C9H6ClIN2. The lowest BCUT2D eigenvalue weighted by Gasteiger charge is -2.03. The Labute approximate surface area is 94.5 Å². The van der Waals surface area contributed by atoms with Gasteiger partial charge in [0.15, 0.2) is 0 Å². The van der Waals surface area contributed by atoms with E-state index in [-0.39, 0.29) is 0 Å². The van der Waals surface area contributed by atoms with Crippen LogP contribution in [0.4, 0.5) is 0 Å². The monoisotopic (exact) mass is 304 g/mol. The molecule has 2 nitrogen and oxygen atoms in total. The van der Waals surface area contributed by atoms with Crippen molar-refractivity contribution >= 4 is 45.1 Å². The summed E-state index contributed by atoms with van der Waals surface area (Å²) in [6.07, 6.45) is 1.49. The smallest absolute Gasteiger partial charge is 0.140 e. The van der Waals surface area contributed by atoms with Gasteiger partial charge in [0.1, 0.15) is 11.5 Å². The van der Waals surface area contributed by atoms with Crippen LogP contribution in [0.1, 0.15) is 5.56 Å². The molecule has 0 radical (unpaired) electrons. The lowest BCUT2D eigenvalue weighted by atomic mass is 10.2. The molecule has 2 aromatic rings. The lowest BCUT2D eigenvalue weighted by Crippen LogP contribution is -1.89. The van der Waals surface area contributed by atoms with E-state index in [1.807, 2.05) is 12.1 Å². The summed E-state index contributed by atoms with van der Waals surface area (Å²) in [5.41, 5.74) is 2.14. The second kappa shape index (κ2) is 3.38. The molecule has 2 rings (SSSR count). The molecule has 0 unspecified atom stereocenters. The largest absolute Gasteiger partial charge is 0.235 e. The molecule has 1 heterocycles. The molecule has 0 fully saturated rings. The molecule has 0 aliphatic carbocycles. The first kappa shape index (κ1) is 9.15. The van der Waals surface area contributed by atoms with Crippen molar-refractivity contribution in [1.29, 1.82) is 0 Å². The molecule has 0 aliphatic rings. The predicted molar refractivity (Wildman–Crippen MR) is 62.0 cm³/mol. The zero-order valence-electron chi connectivity index (χ0n) is 6.88. The molecule has 0 amide bonds. The standard InChI is InChI=1S/C9H6ClIN2/c1-5-2-3-6-8(7(5)11)12-4-13-9(6)10/h2-4H,1H3. The molecule has 1 aromatic carbocycles. The number of hydrogen-bond acceptors (Lipinski definition) is 2. The highest BCUT2D eigenvalue weighted by Crippen LogP contribution is 2.25. The second-order valence-corrected chi connectivity index (χ2v) is 4.19. The highest BCUT2D eigenvalue weighted by molar-refractivity contribution is 14.1. The second-order valence-electron chi connectivity index (χ2n) is 2.76. The van der Waals surface area contributed by atoms with Crippen molar-refractivity contribution in [2.45, 2.75) is 6.92 Å². The van der Waals surface area contributed by atoms with Crippen molar-refractivity contribution < 1.29 is 0 Å². The number of rotatable bonds is 0. The van der Waals surface area contributed by atoms with E-state index in [4.69, 9.17) is 11.6 Å². The maximum atomic E-state index is 5.93. The van der Waals surface area contributed by atoms with E-state index in [1.165, 1.54) is 11.9 Å². The van der Waals surface area contributed by atoms with Crippen LogP contribution in [-0.2, 0) is 0 Å². The van der Waals surface area contributed by atoms with Crippen molar-refractivity contribution in [3.8, 4) is 0 Å². The third kappa shape index (κ3) is 1.50. The average Bonchev–Trinajstić information content (AvgIpc) is 2.12. The first-order valence-corrected chi connectivity index (χ1v) is 5.21. The van der Waals surface area contributed by atoms with Crippen LogP contribution in [0, 0.1) is 10.5 Å². The van der Waals surface area contributed by atoms with Crippen LogP contribution >= 0.6 is 34.2 Å². The molecule has 0 N–H and O–H groups in total. The Bertz CT molecular complexity index is 470. The van der Waals surface area contributed by atoms with E-state index in [2.05, 4.69) is 39.5 Å². The Balaban J connectivity index is 2.94. The molecule has 0 saturated heterocycles. The SMILES string of the molecule is Cc1ccc2c(Cl)ncnc2c1I. The Hall–Kier alpha value is -0.420. The van der Waals surface area contributed by atoms with Gasteiger partial charge in [0, 0.05) is 8.96 Å². The number of hydrogen-bond donors (Lipinski definition) is 0. The third-order valence-electron chi connectivity index (χ3n) is 1.89. The number of fused-ring (bicyclic) bond motifs is 1. The third-order valence-corrected chi connectivity index (χ3v) is 3.55. The first-order valence-electron chi connectivity index (χ1n) is 3.75. The number of aryl methyl sites for hydroxylation is 1. The summed E-state index contributed by atoms with van der Waals surface area (Å²) in [7, 11) is 0. The van der Waals surface area contributed by atoms with Crippen LogP contribution in [0.2, 0.25) is 5.15 Å². The van der Waals surface area contributed by atoms with Crippen LogP contribution in [0.5, 0.6) is 0 Å². The van der Waals surface area contributed by atoms with Gasteiger partial charge in [-0.3, -0.25) is 0 Å². The molecule has 1 aromatic heterocycles. The summed E-state index contributed by atoms with van der Waals surface area (Å²) >= 11 is 8.20. The van der Waals surface area contributed by atoms with Gasteiger partial charge in [-0.25, -0.2) is 9.97 Å². The van der Waals surface area contributed by atoms with Gasteiger partial charge in [0.2, 0.25) is 0 Å². The van der Waals surface area contributed by atoms with Crippen molar-refractivity contribution in [3.05, 3.63) is 32.7 Å². The Kier molecular flexibility index (Phi) is 2.38. The fraction of sp³-hybridized carbons (Fsp3) is 0.111. The van der Waals surface area contributed by atoms with Crippen LogP contribution < -0.4 is 0 Å². The van der Waals surface area contributed by atoms with Gasteiger partial charge in [-0.05, 0) is 41.1 Å². The van der Waals surface area contributed by atoms with Gasteiger partial charge < -0.3 is 0 Å². The molecule has 0 atom stereocenters. The van der Waals surface area contributed by atoms with E-state index in [9.17, 15) is 0 Å². The summed E-state index contributed by atoms with van der Waals surface area (Å²) < 4.78 is 1.14. The van der Waals surface area contributed by atoms with Gasteiger partial charge in [0.05, 0.1) is 5.52 Å². The summed E-state index contributed by atoms with van der Waals surface area (Å²) in [6.45, 7) is 2.05. The number of halogens is 2. The fourth-order valence-corrected chi connectivity index (χ4v) is 1.97. The minimum atomic E-state index is 0.517. The fourth-order valence-electron chi connectivity index (χ4n) is 1.16. The molecule has 0 bridgehead atoms. The van der Waals surface area contributed by atoms with Gasteiger partial charge in [-0.1, -0.05) is 17.7 Å². The molecule has 0 aliphatic heterocycles. The summed E-state index contributed by atoms with van der Waals surface area (Å²) in [4.78, 5) is 8.13. The number of nitrogens with zero attached hydrogens (tertiary/aromatic N) is 2. The maximum absolute atomic E-state index is 5.93. The quantitative estimate of drug-likeness (QED) is 0.552. The molecule has 0 saturated carbocycles. The average molecular weight is 305 g/mol. The molecular weight excluding hydrogens is 298 g/mol. The zero-order valence-corrected chi connectivity index (χ0v) is 9.80. The summed E-state index contributed by atoms with van der Waals surface area (Å²) in [6, 6.07) is 3.98. The minimum absolute atomic E-state index is 0.517. The lowest BCUT2D eigenvalue weighted by molar-refractivity contribution is 1.21. The minimum Gasteiger partial charge on any atom is -0.235 e. The molecule has 66 valence electrons. The van der Waals surface area contributed by atoms with E-state index in [1.54, 1.807) is 0 Å². The number of aromatic nitrogens is 2. The van der Waals surface area contributed by atoms with E-state index in [0.29, 0.717) is 5.15 Å². The maximum Gasteiger partial charge on any atom is 0.140 e. The first-order chi connectivity index (χ1) is 6.20. The molecule has 4 heteroatoms. The normalized spacial score (nSPS) is 10.7.